The molecule has 3 aromatic rings. The molecule has 1 aromatic heterocycles. The summed E-state index contributed by atoms with van der Waals surface area (Å²) in [4.78, 5) is 8.90. The highest BCUT2D eigenvalue weighted by molar-refractivity contribution is 9.10. The predicted molar refractivity (Wildman–Crippen MR) is 104 cm³/mol. The summed E-state index contributed by atoms with van der Waals surface area (Å²) in [5.74, 6) is -1.75. The van der Waals surface area contributed by atoms with Crippen LogP contribution in [0.15, 0.2) is 47.1 Å². The van der Waals surface area contributed by atoms with Crippen molar-refractivity contribution in [2.24, 2.45) is 0 Å². The third-order valence-corrected chi connectivity index (χ3v) is 4.71. The van der Waals surface area contributed by atoms with E-state index in [0.29, 0.717) is 0 Å². The first-order valence-corrected chi connectivity index (χ1v) is 9.39. The second kappa shape index (κ2) is 8.83. The number of carbonyl (C=O) groups is 1. The molecule has 0 saturated carbocycles. The first-order valence-electron chi connectivity index (χ1n) is 8.60. The smallest absolute Gasteiger partial charge is 0.488 e. The minimum absolute atomic E-state index is 0.209. The van der Waals surface area contributed by atoms with E-state index < -0.39 is 12.1 Å². The lowest BCUT2D eigenvalue weighted by atomic mass is 10.1. The van der Waals surface area contributed by atoms with E-state index in [9.17, 15) is 13.2 Å². The summed E-state index contributed by atoms with van der Waals surface area (Å²) in [5.41, 5.74) is 3.60. The fourth-order valence-electron chi connectivity index (χ4n) is 2.87. The van der Waals surface area contributed by atoms with E-state index in [-0.39, 0.29) is 6.10 Å². The van der Waals surface area contributed by atoms with Gasteiger partial charge in [0.1, 0.15) is 11.9 Å². The van der Waals surface area contributed by atoms with Crippen molar-refractivity contribution in [2.75, 3.05) is 6.54 Å². The minimum atomic E-state index is -5.08. The highest BCUT2D eigenvalue weighted by Crippen LogP contribution is 2.31. The summed E-state index contributed by atoms with van der Waals surface area (Å²) >= 11 is 3.51. The zero-order chi connectivity index (χ0) is 21.0. The maximum Gasteiger partial charge on any atom is 0.490 e. The van der Waals surface area contributed by atoms with Crippen LogP contribution in [0, 0.1) is 0 Å². The number of nitrogens with one attached hydrogen (secondary N) is 2. The molecule has 3 N–H and O–H groups in total. The standard InChI is InChI=1S/C17H16BrN3O.C2HF3O2/c18-14-3-4-17-13(6-14)7-15(22-17)10-19-8-11-1-2-12-9-20-21-16(12)5-11;3-2(4,5)1(6)7/h1-6,9,15,19H,7-8,10H2,(H,20,21);(H,6,7). The lowest BCUT2D eigenvalue weighted by Gasteiger charge is -2.12. The van der Waals surface area contributed by atoms with Gasteiger partial charge in [-0.15, -0.1) is 0 Å². The lowest BCUT2D eigenvalue weighted by Crippen LogP contribution is -2.29. The fourth-order valence-corrected chi connectivity index (χ4v) is 3.28. The third-order valence-electron chi connectivity index (χ3n) is 4.21. The van der Waals surface area contributed by atoms with Crippen LogP contribution in [0.4, 0.5) is 13.2 Å². The van der Waals surface area contributed by atoms with Crippen LogP contribution in [0.1, 0.15) is 11.1 Å². The second-order valence-electron chi connectivity index (χ2n) is 6.42. The summed E-state index contributed by atoms with van der Waals surface area (Å²) in [6.45, 7) is 1.67. The summed E-state index contributed by atoms with van der Waals surface area (Å²) < 4.78 is 38.8. The van der Waals surface area contributed by atoms with Gasteiger partial charge >= 0.3 is 12.1 Å². The molecule has 6 nitrogen and oxygen atoms in total. The van der Waals surface area contributed by atoms with Crippen molar-refractivity contribution in [3.63, 3.8) is 0 Å². The third kappa shape index (κ3) is 5.70. The zero-order valence-electron chi connectivity index (χ0n) is 15.0. The molecule has 0 radical (unpaired) electrons. The number of aromatic amines is 1. The number of carboxylic acids is 1. The van der Waals surface area contributed by atoms with Crippen molar-refractivity contribution in [3.05, 3.63) is 58.2 Å². The number of alkyl halides is 3. The Morgan fingerprint density at radius 1 is 1.31 bits per heavy atom. The normalized spacial score (nSPS) is 15.4. The number of ether oxygens (including phenoxy) is 1. The number of rotatable bonds is 4. The Balaban J connectivity index is 0.000000298. The van der Waals surface area contributed by atoms with Crippen LogP contribution < -0.4 is 10.1 Å². The average Bonchev–Trinajstić information content (AvgIpc) is 3.26. The summed E-state index contributed by atoms with van der Waals surface area (Å²) in [6.07, 6.45) is -2.07. The molecule has 29 heavy (non-hydrogen) atoms. The van der Waals surface area contributed by atoms with Gasteiger partial charge < -0.3 is 15.2 Å². The van der Waals surface area contributed by atoms with Crippen LogP contribution in [-0.4, -0.2) is 40.1 Å². The molecule has 1 aliphatic heterocycles. The molecule has 1 aliphatic rings. The van der Waals surface area contributed by atoms with E-state index in [1.807, 2.05) is 18.3 Å². The Kier molecular flexibility index (Phi) is 6.43. The fraction of sp³-hybridized carbons (Fsp3) is 0.263. The number of halogens is 4. The van der Waals surface area contributed by atoms with Crippen molar-refractivity contribution < 1.29 is 27.8 Å². The van der Waals surface area contributed by atoms with Crippen molar-refractivity contribution in [2.45, 2.75) is 25.2 Å². The molecular weight excluding hydrogens is 455 g/mol. The molecule has 1 unspecified atom stereocenters. The number of aromatic nitrogens is 2. The number of carboxylic acid groups (broad SMARTS) is 1. The van der Waals surface area contributed by atoms with Gasteiger partial charge in [-0.1, -0.05) is 28.1 Å². The SMILES string of the molecule is Brc1ccc2c(c1)CC(CNCc1ccc3cn[nH]c3c1)O2.O=C(O)C(F)(F)F. The van der Waals surface area contributed by atoms with E-state index in [4.69, 9.17) is 14.6 Å². The predicted octanol–water partition coefficient (Wildman–Crippen LogP) is 4.05. The van der Waals surface area contributed by atoms with E-state index in [1.54, 1.807) is 0 Å². The maximum absolute atomic E-state index is 10.6. The molecule has 154 valence electrons. The van der Waals surface area contributed by atoms with Gasteiger partial charge in [-0.05, 0) is 35.4 Å². The molecular formula is C19H17BrF3N3O3. The quantitative estimate of drug-likeness (QED) is 0.534. The molecule has 2 aromatic carbocycles. The van der Waals surface area contributed by atoms with Crippen LogP contribution in [0.3, 0.4) is 0 Å². The number of aliphatic carboxylic acids is 1. The van der Waals surface area contributed by atoms with Crippen molar-refractivity contribution in [1.82, 2.24) is 15.5 Å². The second-order valence-corrected chi connectivity index (χ2v) is 7.34. The minimum Gasteiger partial charge on any atom is -0.488 e. The lowest BCUT2D eigenvalue weighted by molar-refractivity contribution is -0.192. The van der Waals surface area contributed by atoms with E-state index in [2.05, 4.69) is 55.7 Å². The Labute approximate surface area is 172 Å². The number of hydrogen-bond donors (Lipinski definition) is 3. The van der Waals surface area contributed by atoms with E-state index >= 15 is 0 Å². The average molecular weight is 472 g/mol. The molecule has 0 aliphatic carbocycles. The van der Waals surface area contributed by atoms with Crippen molar-refractivity contribution >= 4 is 32.8 Å². The van der Waals surface area contributed by atoms with Gasteiger partial charge in [-0.25, -0.2) is 4.79 Å². The van der Waals surface area contributed by atoms with Gasteiger partial charge in [0.2, 0.25) is 0 Å². The molecule has 0 saturated heterocycles. The maximum atomic E-state index is 10.6. The Morgan fingerprint density at radius 2 is 2.07 bits per heavy atom. The number of hydrogen-bond acceptors (Lipinski definition) is 4. The van der Waals surface area contributed by atoms with Gasteiger partial charge in [-0.2, -0.15) is 18.3 Å². The van der Waals surface area contributed by atoms with Gasteiger partial charge in [-0.3, -0.25) is 5.10 Å². The topological polar surface area (TPSA) is 87.2 Å². The number of H-pyrrole nitrogens is 1. The van der Waals surface area contributed by atoms with Crippen LogP contribution in [0.2, 0.25) is 0 Å². The monoisotopic (exact) mass is 471 g/mol. The molecule has 2 heterocycles. The number of nitrogens with zero attached hydrogens (tertiary/aromatic N) is 1. The Morgan fingerprint density at radius 3 is 2.79 bits per heavy atom. The van der Waals surface area contributed by atoms with Gasteiger partial charge in [0.15, 0.2) is 0 Å². The Hall–Kier alpha value is -2.59. The first-order chi connectivity index (χ1) is 13.7. The zero-order valence-corrected chi connectivity index (χ0v) is 16.5. The van der Waals surface area contributed by atoms with E-state index in [0.717, 1.165) is 40.6 Å². The molecule has 1 atom stereocenters. The van der Waals surface area contributed by atoms with E-state index in [1.165, 1.54) is 11.1 Å². The van der Waals surface area contributed by atoms with Gasteiger partial charge in [0, 0.05) is 29.4 Å². The van der Waals surface area contributed by atoms with Crippen LogP contribution in [-0.2, 0) is 17.8 Å². The summed E-state index contributed by atoms with van der Waals surface area (Å²) in [6, 6.07) is 12.6. The molecule has 0 spiro atoms. The van der Waals surface area contributed by atoms with Gasteiger partial charge in [0.05, 0.1) is 11.7 Å². The largest absolute Gasteiger partial charge is 0.490 e. The van der Waals surface area contributed by atoms with Gasteiger partial charge in [0.25, 0.3) is 0 Å². The Bertz CT molecular complexity index is 1010. The molecule has 0 fully saturated rings. The van der Waals surface area contributed by atoms with Crippen molar-refractivity contribution in [1.29, 1.82) is 0 Å². The molecule has 0 amide bonds. The van der Waals surface area contributed by atoms with Crippen LogP contribution >= 0.6 is 15.9 Å². The molecule has 0 bridgehead atoms. The number of fused-ring (bicyclic) bond motifs is 2. The van der Waals surface area contributed by atoms with Crippen molar-refractivity contribution in [3.8, 4) is 5.75 Å². The molecule has 4 rings (SSSR count). The first kappa shape index (κ1) is 21.1. The number of benzene rings is 2. The van der Waals surface area contributed by atoms with Crippen LogP contribution in [0.25, 0.3) is 10.9 Å². The molecule has 10 heteroatoms. The summed E-state index contributed by atoms with van der Waals surface area (Å²) in [5, 5.41) is 18.8. The highest BCUT2D eigenvalue weighted by atomic mass is 79.9. The summed E-state index contributed by atoms with van der Waals surface area (Å²) in [7, 11) is 0. The van der Waals surface area contributed by atoms with Crippen LogP contribution in [0.5, 0.6) is 5.75 Å². The highest BCUT2D eigenvalue weighted by Gasteiger charge is 2.38.